The number of benzene rings is 3. The van der Waals surface area contributed by atoms with Crippen molar-refractivity contribution >= 4 is 82.9 Å². The number of fused-ring (bicyclic) bond motifs is 3. The molecule has 2 aromatic heterocycles. The van der Waals surface area contributed by atoms with E-state index in [1.54, 1.807) is 33.3 Å². The maximum absolute atomic E-state index is 14.4. The summed E-state index contributed by atoms with van der Waals surface area (Å²) in [4.78, 5) is 87.2. The number of carboxylic acids is 1. The van der Waals surface area contributed by atoms with E-state index >= 15 is 0 Å². The average Bonchev–Trinajstić information content (AvgIpc) is 1.63. The predicted octanol–water partition coefficient (Wildman–Crippen LogP) is 10.9. The molecule has 23 nitrogen and oxygen atoms in total. The number of halogens is 4. The first-order valence-corrected chi connectivity index (χ1v) is 35.9. The zero-order valence-electron chi connectivity index (χ0n) is 57.9. The van der Waals surface area contributed by atoms with Crippen molar-refractivity contribution in [2.24, 2.45) is 41.7 Å². The Balaban J connectivity index is 0.000000144. The van der Waals surface area contributed by atoms with Gasteiger partial charge >= 0.3 is 12.1 Å². The maximum Gasteiger partial charge on any atom is 0.410 e. The monoisotopic (exact) mass is 1440 g/mol. The number of carbonyl (C=O) groups is 6. The minimum Gasteiger partial charge on any atom is -0.508 e. The number of aliphatic carboxylic acids is 1. The number of amides is 5. The van der Waals surface area contributed by atoms with E-state index in [1.807, 2.05) is 92.6 Å². The molecule has 3 saturated heterocycles. The van der Waals surface area contributed by atoms with Gasteiger partial charge < -0.3 is 49.3 Å². The van der Waals surface area contributed by atoms with Crippen LogP contribution in [0.5, 0.6) is 17.2 Å². The molecule has 0 bridgehead atoms. The first kappa shape index (κ1) is 71.9. The third kappa shape index (κ3) is 14.7. The summed E-state index contributed by atoms with van der Waals surface area (Å²) in [5.74, 6) is 0.281. The Morgan fingerprint density at radius 2 is 1.08 bits per heavy atom. The van der Waals surface area contributed by atoms with Gasteiger partial charge in [-0.15, -0.1) is 22.6 Å². The minimum atomic E-state index is -1.13. The second kappa shape index (κ2) is 27.8. The number of nitrogens with zero attached hydrogens (tertiary/aromatic N) is 11. The predicted molar refractivity (Wildman–Crippen MR) is 372 cm³/mol. The number of carbonyl (C=O) groups excluding carboxylic acids is 5. The van der Waals surface area contributed by atoms with Crippen molar-refractivity contribution in [1.82, 2.24) is 59.8 Å². The van der Waals surface area contributed by atoms with Gasteiger partial charge in [-0.2, -0.15) is 0 Å². The number of phenols is 1. The van der Waals surface area contributed by atoms with Gasteiger partial charge in [-0.05, 0) is 188 Å². The van der Waals surface area contributed by atoms with E-state index in [1.165, 1.54) is 12.8 Å². The van der Waals surface area contributed by atoms with Crippen LogP contribution in [0.4, 0.5) is 4.79 Å². The van der Waals surface area contributed by atoms with E-state index in [9.17, 15) is 39.0 Å². The third-order valence-electron chi connectivity index (χ3n) is 22.9. The highest BCUT2D eigenvalue weighted by Crippen LogP contribution is 2.57. The molecule has 0 unspecified atom stereocenters. The molecule has 534 valence electrons. The third-order valence-corrected chi connectivity index (χ3v) is 23.9. The smallest absolute Gasteiger partial charge is 0.410 e. The number of aromatic nitrogens is 6. The summed E-state index contributed by atoms with van der Waals surface area (Å²) in [6, 6.07) is 9.75. The maximum atomic E-state index is 14.4. The number of nitrogens with one attached hydrogen (secondary N) is 1. The zero-order valence-corrected chi connectivity index (χ0v) is 61.0. The lowest BCUT2D eigenvalue weighted by molar-refractivity contribution is -0.162. The quantitative estimate of drug-likeness (QED) is 0.0933. The SMILES string of the molecule is CC(C)(C)OC(=O)N1CCc2c(Cl)ccc(O)c2[C@H]1CN1CC2(CC2)CC1=O.Cc1c(COc2ccc(Cl)c3c2[C@@H](CN2CC4(CC4)CC2=O)N(C(=O)[C@@H]2CCCC[C@]2(C)C(=O)O)CC3)nnn1C.Cc1c(COc2ccc(Cl)c3c2[C@@H](CN2CC4(CC4)CC2=O)NCC3)nnn1C.Cl. The summed E-state index contributed by atoms with van der Waals surface area (Å²) in [6.07, 6.45) is 12.6. The number of aromatic hydroxyl groups is 1. The highest BCUT2D eigenvalue weighted by Gasteiger charge is 2.56. The van der Waals surface area contributed by atoms with Crippen LogP contribution in [0.15, 0.2) is 36.4 Å². The van der Waals surface area contributed by atoms with Gasteiger partial charge in [0.25, 0.3) is 0 Å². The van der Waals surface area contributed by atoms with E-state index < -0.39 is 41.1 Å². The number of rotatable bonds is 14. The van der Waals surface area contributed by atoms with Gasteiger partial charge in [-0.25, -0.2) is 4.79 Å². The van der Waals surface area contributed by atoms with Crippen molar-refractivity contribution < 1.29 is 53.2 Å². The molecule has 3 N–H and O–H groups in total. The van der Waals surface area contributed by atoms with Gasteiger partial charge in [-0.3, -0.25) is 38.2 Å². The van der Waals surface area contributed by atoms with Gasteiger partial charge in [0.15, 0.2) is 0 Å². The molecule has 3 aromatic carbocycles. The fraction of sp³-hybridized carbons (Fsp3) is 0.611. The van der Waals surface area contributed by atoms with Crippen molar-refractivity contribution in [2.75, 3.05) is 58.9 Å². The molecule has 0 radical (unpaired) electrons. The number of hydrogen-bond acceptors (Lipinski definition) is 15. The highest BCUT2D eigenvalue weighted by atomic mass is 35.5. The summed E-state index contributed by atoms with van der Waals surface area (Å²) >= 11 is 19.7. The Bertz CT molecular complexity index is 3990. The molecule has 15 rings (SSSR count). The van der Waals surface area contributed by atoms with E-state index in [-0.39, 0.29) is 70.7 Å². The van der Waals surface area contributed by atoms with Crippen LogP contribution in [0.1, 0.15) is 185 Å². The second-order valence-corrected chi connectivity index (χ2v) is 32.0. The molecule has 5 atom stereocenters. The van der Waals surface area contributed by atoms with Crippen LogP contribution in [-0.2, 0) is 75.3 Å². The first-order chi connectivity index (χ1) is 46.6. The van der Waals surface area contributed by atoms with Crippen molar-refractivity contribution in [3.8, 4) is 17.2 Å². The number of carboxylic acid groups (broad SMARTS) is 1. The molecule has 6 aliphatic heterocycles. The molecule has 10 aliphatic rings. The summed E-state index contributed by atoms with van der Waals surface area (Å²) in [6.45, 7) is 17.0. The van der Waals surface area contributed by atoms with Crippen molar-refractivity contribution in [3.63, 3.8) is 0 Å². The van der Waals surface area contributed by atoms with Gasteiger partial charge in [0, 0.05) is 117 Å². The molecule has 99 heavy (non-hydrogen) atoms. The van der Waals surface area contributed by atoms with Crippen LogP contribution in [-0.4, -0.2) is 165 Å². The summed E-state index contributed by atoms with van der Waals surface area (Å²) < 4.78 is 21.6. The summed E-state index contributed by atoms with van der Waals surface area (Å²) in [5, 5.41) is 42.8. The van der Waals surface area contributed by atoms with Crippen molar-refractivity contribution in [2.45, 2.75) is 181 Å². The van der Waals surface area contributed by atoms with Crippen LogP contribution >= 0.6 is 47.2 Å². The molecular formula is C72H92Cl4N12O11. The van der Waals surface area contributed by atoms with E-state index in [2.05, 4.69) is 25.9 Å². The Hall–Kier alpha value is -6.92. The van der Waals surface area contributed by atoms with Crippen LogP contribution in [0, 0.1) is 41.4 Å². The number of phenolic OH excluding ortho intramolecular Hbond substituents is 1. The number of likely N-dealkylation sites (tertiary alicyclic amines) is 3. The number of aryl methyl sites for hydroxylation is 2. The van der Waals surface area contributed by atoms with Crippen molar-refractivity contribution in [1.29, 1.82) is 0 Å². The zero-order chi connectivity index (χ0) is 69.5. The minimum absolute atomic E-state index is 0. The Kier molecular flexibility index (Phi) is 20.2. The average molecular weight is 1440 g/mol. The van der Waals surface area contributed by atoms with E-state index in [4.69, 9.17) is 49.0 Å². The highest BCUT2D eigenvalue weighted by molar-refractivity contribution is 6.32. The lowest BCUT2D eigenvalue weighted by Gasteiger charge is -2.45. The molecule has 5 amide bonds. The first-order valence-electron chi connectivity index (χ1n) is 34.8. The fourth-order valence-corrected chi connectivity index (χ4v) is 16.9. The lowest BCUT2D eigenvalue weighted by Crippen LogP contribution is -2.52. The fourth-order valence-electron chi connectivity index (χ4n) is 16.1. The second-order valence-electron chi connectivity index (χ2n) is 30.8. The molecule has 8 heterocycles. The summed E-state index contributed by atoms with van der Waals surface area (Å²) in [5.41, 5.74) is 7.53. The molecule has 4 aliphatic carbocycles. The van der Waals surface area contributed by atoms with E-state index in [0.717, 1.165) is 120 Å². The Morgan fingerprint density at radius 3 is 1.55 bits per heavy atom. The molecule has 3 spiro atoms. The van der Waals surface area contributed by atoms with Gasteiger partial charge in [-0.1, -0.05) is 58.1 Å². The number of ether oxygens (including phenoxy) is 3. The van der Waals surface area contributed by atoms with Crippen LogP contribution in [0.3, 0.4) is 0 Å². The summed E-state index contributed by atoms with van der Waals surface area (Å²) in [7, 11) is 3.70. The van der Waals surface area contributed by atoms with Gasteiger partial charge in [0.1, 0.15) is 47.5 Å². The van der Waals surface area contributed by atoms with E-state index in [0.29, 0.717) is 118 Å². The number of hydrogen-bond donors (Lipinski definition) is 3. The van der Waals surface area contributed by atoms with Crippen molar-refractivity contribution in [3.05, 3.63) is 108 Å². The Labute approximate surface area is 599 Å². The van der Waals surface area contributed by atoms with Crippen LogP contribution in [0.2, 0.25) is 15.1 Å². The molecule has 5 aromatic rings. The standard InChI is InChI=1S/C30H38ClN5O5.C21H26ClN5O2.C21H27ClN2O4.ClH/c1-18-22(32-33-34(18)3)16-41-24-8-7-21(31)19-9-13-36(27(38)20-6-4-5-10-29(20,2)28(39)40)23(26(19)24)15-35-17-30(11-12-30)14-25(35)37;1-13-17(24-25-26(13)2)11-29-18-4-3-15(22)14-5-8-23-16(20(14)18)10-27-12-21(6-7-21)9-19(27)28;1-20(2,3)28-19(27)24-9-6-13-14(22)4-5-16(25)18(13)15(24)11-23-12-21(7-8-21)10-17(23)26;/h7-8,20,23H,4-6,9-17H2,1-3H3,(H,39,40);3-4,16,23H,5-12H2,1-2H3;4-5,15,25H,6-12H2,1-3H3;1H/t20-,23+,29-;16-;15-;/m011./s1. The topological polar surface area (TPSA) is 260 Å². The largest absolute Gasteiger partial charge is 0.508 e. The lowest BCUT2D eigenvalue weighted by atomic mass is 9.66. The van der Waals surface area contributed by atoms with Crippen LogP contribution < -0.4 is 14.8 Å². The molecule has 7 fully saturated rings. The van der Waals surface area contributed by atoms with Crippen LogP contribution in [0.25, 0.3) is 0 Å². The molecule has 4 saturated carbocycles. The van der Waals surface area contributed by atoms with Gasteiger partial charge in [0.05, 0.1) is 40.8 Å². The normalized spacial score (nSPS) is 24.2. The Morgan fingerprint density at radius 1 is 0.626 bits per heavy atom. The molecule has 27 heteroatoms. The van der Waals surface area contributed by atoms with Gasteiger partial charge in [0.2, 0.25) is 23.6 Å². The molecular weight excluding hydrogens is 1350 g/mol.